The molecule has 2 heterocycles. The van der Waals surface area contributed by atoms with Crippen LogP contribution in [0, 0.1) is 0 Å². The maximum absolute atomic E-state index is 11.8. The van der Waals surface area contributed by atoms with Crippen LogP contribution >= 0.6 is 0 Å². The van der Waals surface area contributed by atoms with Gasteiger partial charge in [-0.15, -0.1) is 11.7 Å². The number of ether oxygens (including phenoxy) is 1. The number of rotatable bonds is 8. The first-order valence-corrected chi connectivity index (χ1v) is 7.79. The molecule has 0 fully saturated rings. The highest BCUT2D eigenvalue weighted by Gasteiger charge is 2.16. The van der Waals surface area contributed by atoms with E-state index in [1.54, 1.807) is 18.2 Å². The molecule has 1 N–H and O–H groups in total. The summed E-state index contributed by atoms with van der Waals surface area (Å²) >= 11 is 0. The summed E-state index contributed by atoms with van der Waals surface area (Å²) in [5, 5.41) is 14.1. The van der Waals surface area contributed by atoms with E-state index in [2.05, 4.69) is 11.7 Å². The number of furan rings is 1. The Labute approximate surface area is 143 Å². The summed E-state index contributed by atoms with van der Waals surface area (Å²) in [6.07, 6.45) is 2.98. The average Bonchev–Trinajstić information content (AvgIpc) is 3.25. The van der Waals surface area contributed by atoms with E-state index in [4.69, 9.17) is 13.6 Å². The van der Waals surface area contributed by atoms with Crippen molar-refractivity contribution >= 4 is 0 Å². The Hall–Kier alpha value is -3.06. The van der Waals surface area contributed by atoms with E-state index in [0.29, 0.717) is 17.9 Å². The number of hydrogen-bond acceptors (Lipinski definition) is 6. The van der Waals surface area contributed by atoms with Crippen LogP contribution in [0.5, 0.6) is 5.75 Å². The molecule has 25 heavy (non-hydrogen) atoms. The van der Waals surface area contributed by atoms with Gasteiger partial charge in [-0.1, -0.05) is 24.3 Å². The Morgan fingerprint density at radius 3 is 2.92 bits per heavy atom. The normalized spacial score (nSPS) is 12.0. The molecular formula is C18H18N2O5. The molecule has 3 aromatic rings. The summed E-state index contributed by atoms with van der Waals surface area (Å²) in [7, 11) is 0. The van der Waals surface area contributed by atoms with Crippen molar-refractivity contribution in [2.24, 2.45) is 0 Å². The molecule has 0 spiro atoms. The van der Waals surface area contributed by atoms with Gasteiger partial charge in [0.2, 0.25) is 0 Å². The lowest BCUT2D eigenvalue weighted by Crippen LogP contribution is -2.29. The highest BCUT2D eigenvalue weighted by Crippen LogP contribution is 2.19. The highest BCUT2D eigenvalue weighted by atomic mass is 16.5. The fourth-order valence-corrected chi connectivity index (χ4v) is 2.33. The van der Waals surface area contributed by atoms with Gasteiger partial charge in [0.05, 0.1) is 12.8 Å². The van der Waals surface area contributed by atoms with E-state index in [-0.39, 0.29) is 19.0 Å². The first kappa shape index (κ1) is 16.8. The number of para-hydroxylation sites is 1. The number of hydrogen-bond donors (Lipinski definition) is 1. The number of nitrogens with zero attached hydrogens (tertiary/aromatic N) is 2. The van der Waals surface area contributed by atoms with E-state index in [0.717, 1.165) is 10.2 Å². The Bertz CT molecular complexity index is 879. The fourth-order valence-electron chi connectivity index (χ4n) is 2.33. The second kappa shape index (κ2) is 7.67. The Kier molecular flexibility index (Phi) is 5.15. The van der Waals surface area contributed by atoms with Gasteiger partial charge in [0.25, 0.3) is 5.89 Å². The van der Waals surface area contributed by atoms with Crippen molar-refractivity contribution in [3.8, 4) is 17.4 Å². The minimum Gasteiger partial charge on any atom is -0.491 e. The van der Waals surface area contributed by atoms with E-state index >= 15 is 0 Å². The maximum Gasteiger partial charge on any atom is 0.437 e. The summed E-state index contributed by atoms with van der Waals surface area (Å²) in [4.78, 5) is 11.8. The highest BCUT2D eigenvalue weighted by molar-refractivity contribution is 5.42. The maximum atomic E-state index is 11.8. The van der Waals surface area contributed by atoms with Crippen LogP contribution in [0.1, 0.15) is 5.56 Å². The van der Waals surface area contributed by atoms with Gasteiger partial charge >= 0.3 is 5.76 Å². The molecule has 1 atom stereocenters. The third-order valence-electron chi connectivity index (χ3n) is 3.49. The van der Waals surface area contributed by atoms with Gasteiger partial charge in [0.1, 0.15) is 18.5 Å². The third-order valence-corrected chi connectivity index (χ3v) is 3.49. The van der Waals surface area contributed by atoms with Crippen molar-refractivity contribution in [2.45, 2.75) is 19.1 Å². The van der Waals surface area contributed by atoms with Crippen molar-refractivity contribution in [2.75, 3.05) is 6.61 Å². The summed E-state index contributed by atoms with van der Waals surface area (Å²) in [6.45, 7) is 3.68. The molecule has 1 unspecified atom stereocenters. The Morgan fingerprint density at radius 2 is 2.16 bits per heavy atom. The average molecular weight is 342 g/mol. The molecule has 7 heteroatoms. The minimum atomic E-state index is -0.927. The molecule has 7 nitrogen and oxygen atoms in total. The second-order valence-electron chi connectivity index (χ2n) is 5.40. The molecule has 2 aromatic heterocycles. The van der Waals surface area contributed by atoms with Crippen molar-refractivity contribution in [3.63, 3.8) is 0 Å². The lowest BCUT2D eigenvalue weighted by molar-refractivity contribution is 0.0871. The molecule has 0 saturated carbocycles. The number of aliphatic hydroxyl groups is 1. The van der Waals surface area contributed by atoms with Crippen molar-refractivity contribution in [3.05, 3.63) is 71.4 Å². The zero-order valence-corrected chi connectivity index (χ0v) is 13.5. The molecule has 0 aliphatic carbocycles. The quantitative estimate of drug-likeness (QED) is 0.632. The monoisotopic (exact) mass is 342 g/mol. The van der Waals surface area contributed by atoms with Crippen LogP contribution in [0.25, 0.3) is 11.7 Å². The smallest absolute Gasteiger partial charge is 0.437 e. The Balaban J connectivity index is 1.63. The van der Waals surface area contributed by atoms with Gasteiger partial charge < -0.3 is 18.7 Å². The zero-order chi connectivity index (χ0) is 17.6. The van der Waals surface area contributed by atoms with Crippen LogP contribution in [0.3, 0.4) is 0 Å². The summed E-state index contributed by atoms with van der Waals surface area (Å²) in [5.74, 6) is 0.419. The third kappa shape index (κ3) is 4.07. The van der Waals surface area contributed by atoms with Crippen LogP contribution in [0.2, 0.25) is 0 Å². The van der Waals surface area contributed by atoms with Gasteiger partial charge in [-0.3, -0.25) is 0 Å². The predicted molar refractivity (Wildman–Crippen MR) is 90.3 cm³/mol. The molecule has 0 amide bonds. The van der Waals surface area contributed by atoms with Crippen LogP contribution < -0.4 is 10.5 Å². The summed E-state index contributed by atoms with van der Waals surface area (Å²) in [6, 6.07) is 10.8. The number of aromatic nitrogens is 2. The number of aliphatic hydroxyl groups excluding tert-OH is 1. The molecule has 3 rings (SSSR count). The minimum absolute atomic E-state index is 0.0174. The topological polar surface area (TPSA) is 90.6 Å². The largest absolute Gasteiger partial charge is 0.491 e. The van der Waals surface area contributed by atoms with Gasteiger partial charge in [-0.2, -0.15) is 4.68 Å². The van der Waals surface area contributed by atoms with Crippen LogP contribution in [-0.4, -0.2) is 27.6 Å². The van der Waals surface area contributed by atoms with Gasteiger partial charge in [0, 0.05) is 0 Å². The Morgan fingerprint density at radius 1 is 1.32 bits per heavy atom. The molecule has 0 radical (unpaired) electrons. The molecule has 0 saturated heterocycles. The van der Waals surface area contributed by atoms with Crippen molar-refractivity contribution < 1.29 is 18.7 Å². The van der Waals surface area contributed by atoms with Crippen LogP contribution in [-0.2, 0) is 13.0 Å². The van der Waals surface area contributed by atoms with Crippen LogP contribution in [0.4, 0.5) is 0 Å². The van der Waals surface area contributed by atoms with E-state index in [1.165, 1.54) is 6.26 Å². The molecule has 1 aromatic carbocycles. The standard InChI is InChI=1S/C18H18N2O5/c1-2-6-13-7-3-4-8-15(13)24-12-14(21)11-20-18(22)25-17(19-20)16-9-5-10-23-16/h2-5,7-10,14,21H,1,6,11-12H2. The fraction of sp³-hybridized carbons (Fsp3) is 0.222. The van der Waals surface area contributed by atoms with Gasteiger partial charge in [-0.25, -0.2) is 4.79 Å². The van der Waals surface area contributed by atoms with E-state index in [1.807, 2.05) is 24.3 Å². The SMILES string of the molecule is C=CCc1ccccc1OCC(O)Cn1nc(-c2ccco2)oc1=O. The lowest BCUT2D eigenvalue weighted by Gasteiger charge is -2.14. The van der Waals surface area contributed by atoms with E-state index < -0.39 is 11.9 Å². The molecule has 0 aliphatic rings. The van der Waals surface area contributed by atoms with E-state index in [9.17, 15) is 9.90 Å². The number of benzene rings is 1. The summed E-state index contributed by atoms with van der Waals surface area (Å²) in [5.41, 5.74) is 0.975. The molecule has 130 valence electrons. The number of allylic oxidation sites excluding steroid dienone is 1. The van der Waals surface area contributed by atoms with Crippen molar-refractivity contribution in [1.29, 1.82) is 0 Å². The first-order chi connectivity index (χ1) is 12.2. The van der Waals surface area contributed by atoms with Crippen molar-refractivity contribution in [1.82, 2.24) is 9.78 Å². The first-order valence-electron chi connectivity index (χ1n) is 7.79. The molecular weight excluding hydrogens is 324 g/mol. The van der Waals surface area contributed by atoms with Crippen LogP contribution in [0.15, 0.2) is 68.9 Å². The summed E-state index contributed by atoms with van der Waals surface area (Å²) < 4.78 is 16.8. The molecule has 0 bridgehead atoms. The second-order valence-corrected chi connectivity index (χ2v) is 5.40. The zero-order valence-electron chi connectivity index (χ0n) is 13.5. The van der Waals surface area contributed by atoms with Gasteiger partial charge in [0.15, 0.2) is 5.76 Å². The predicted octanol–water partition coefficient (Wildman–Crippen LogP) is 2.26. The lowest BCUT2D eigenvalue weighted by atomic mass is 10.1. The van der Waals surface area contributed by atoms with Gasteiger partial charge in [-0.05, 0) is 30.2 Å². The molecule has 0 aliphatic heterocycles.